The molecule has 1 amide bonds. The number of benzene rings is 1. The first-order chi connectivity index (χ1) is 11.2. The predicted molar refractivity (Wildman–Crippen MR) is 87.6 cm³/mol. The Hall–Kier alpha value is -2.30. The molecule has 5 heteroatoms. The zero-order valence-electron chi connectivity index (χ0n) is 13.3. The smallest absolute Gasteiger partial charge is 0.226 e. The Morgan fingerprint density at radius 1 is 1.22 bits per heavy atom. The van der Waals surface area contributed by atoms with Crippen LogP contribution in [0, 0.1) is 0 Å². The van der Waals surface area contributed by atoms with E-state index in [1.54, 1.807) is 4.68 Å². The molecule has 5 nitrogen and oxygen atoms in total. The molecule has 1 aliphatic heterocycles. The lowest BCUT2D eigenvalue weighted by Crippen LogP contribution is -2.25. The number of carbonyl (C=O) groups is 1. The Morgan fingerprint density at radius 2 is 2.00 bits per heavy atom. The van der Waals surface area contributed by atoms with Crippen molar-refractivity contribution in [3.8, 4) is 5.75 Å². The Labute approximate surface area is 135 Å². The summed E-state index contributed by atoms with van der Waals surface area (Å²) in [5.41, 5.74) is 2.15. The second-order valence-corrected chi connectivity index (χ2v) is 6.44. The number of amides is 1. The van der Waals surface area contributed by atoms with Crippen LogP contribution >= 0.6 is 0 Å². The van der Waals surface area contributed by atoms with Crippen molar-refractivity contribution in [2.45, 2.75) is 44.1 Å². The van der Waals surface area contributed by atoms with E-state index in [4.69, 9.17) is 4.74 Å². The van der Waals surface area contributed by atoms with E-state index < -0.39 is 0 Å². The van der Waals surface area contributed by atoms with E-state index in [1.165, 1.54) is 12.8 Å². The highest BCUT2D eigenvalue weighted by molar-refractivity contribution is 5.94. The average molecular weight is 311 g/mol. The Morgan fingerprint density at radius 3 is 2.83 bits per heavy atom. The third-order valence-corrected chi connectivity index (χ3v) is 4.88. The molecule has 2 aromatic rings. The van der Waals surface area contributed by atoms with Crippen LogP contribution < -0.4 is 10.1 Å². The molecule has 1 aromatic carbocycles. The van der Waals surface area contributed by atoms with Crippen LogP contribution in [0.3, 0.4) is 0 Å². The van der Waals surface area contributed by atoms with Gasteiger partial charge in [0.15, 0.2) is 0 Å². The summed E-state index contributed by atoms with van der Waals surface area (Å²) in [6.07, 6.45) is 7.32. The molecular formula is C18H21N3O2. The normalized spacial score (nSPS) is 21.1. The number of ether oxygens (including phenoxy) is 1. The lowest BCUT2D eigenvalue weighted by molar-refractivity contribution is -0.116. The van der Waals surface area contributed by atoms with Crippen LogP contribution in [0.5, 0.6) is 5.75 Å². The number of fused-ring (bicyclic) bond motifs is 1. The number of para-hydroxylation sites is 1. The van der Waals surface area contributed by atoms with E-state index >= 15 is 0 Å². The lowest BCUT2D eigenvalue weighted by Gasteiger charge is -2.26. The first kappa shape index (κ1) is 14.3. The molecule has 23 heavy (non-hydrogen) atoms. The van der Waals surface area contributed by atoms with E-state index in [0.717, 1.165) is 35.5 Å². The molecule has 0 saturated heterocycles. The van der Waals surface area contributed by atoms with Gasteiger partial charge in [-0.1, -0.05) is 18.2 Å². The fraction of sp³-hybridized carbons (Fsp3) is 0.444. The fourth-order valence-electron chi connectivity index (χ4n) is 3.68. The summed E-state index contributed by atoms with van der Waals surface area (Å²) in [5.74, 6) is 1.74. The molecule has 1 atom stereocenters. The molecule has 0 radical (unpaired) electrons. The molecule has 1 saturated carbocycles. The summed E-state index contributed by atoms with van der Waals surface area (Å²) in [5, 5.41) is 7.22. The summed E-state index contributed by atoms with van der Waals surface area (Å²) in [6, 6.07) is 8.11. The van der Waals surface area contributed by atoms with Crippen LogP contribution in [0.15, 0.2) is 30.5 Å². The molecule has 4 rings (SSSR count). The van der Waals surface area contributed by atoms with Crippen molar-refractivity contribution in [3.05, 3.63) is 41.6 Å². The number of anilines is 1. The van der Waals surface area contributed by atoms with Crippen molar-refractivity contribution in [2.24, 2.45) is 7.05 Å². The zero-order chi connectivity index (χ0) is 15.8. The lowest BCUT2D eigenvalue weighted by atomic mass is 9.87. The van der Waals surface area contributed by atoms with Crippen LogP contribution in [0.25, 0.3) is 0 Å². The van der Waals surface area contributed by atoms with Crippen LogP contribution in [0.2, 0.25) is 0 Å². The maximum atomic E-state index is 12.1. The molecule has 2 aliphatic rings. The third kappa shape index (κ3) is 2.60. The van der Waals surface area contributed by atoms with Gasteiger partial charge < -0.3 is 10.1 Å². The average Bonchev–Trinajstić information content (AvgIpc) is 3.18. The van der Waals surface area contributed by atoms with Crippen LogP contribution in [0.1, 0.15) is 49.1 Å². The Kier molecular flexibility index (Phi) is 3.56. The van der Waals surface area contributed by atoms with Crippen molar-refractivity contribution >= 4 is 11.7 Å². The molecule has 120 valence electrons. The molecule has 1 aromatic heterocycles. The van der Waals surface area contributed by atoms with Gasteiger partial charge in [0.2, 0.25) is 5.91 Å². The van der Waals surface area contributed by atoms with E-state index in [2.05, 4.69) is 16.5 Å². The predicted octanol–water partition coefficient (Wildman–Crippen LogP) is 3.22. The summed E-state index contributed by atoms with van der Waals surface area (Å²) < 4.78 is 7.98. The number of nitrogens with one attached hydrogen (secondary N) is 1. The second-order valence-electron chi connectivity index (χ2n) is 6.44. The number of hydrogen-bond acceptors (Lipinski definition) is 3. The fourth-order valence-corrected chi connectivity index (χ4v) is 3.68. The number of hydrogen-bond donors (Lipinski definition) is 1. The van der Waals surface area contributed by atoms with Gasteiger partial charge in [-0.2, -0.15) is 5.10 Å². The molecule has 1 unspecified atom stereocenters. The van der Waals surface area contributed by atoms with Crippen molar-refractivity contribution in [3.63, 3.8) is 0 Å². The topological polar surface area (TPSA) is 56.2 Å². The first-order valence-corrected chi connectivity index (χ1v) is 8.29. The summed E-state index contributed by atoms with van der Waals surface area (Å²) in [4.78, 5) is 12.1. The van der Waals surface area contributed by atoms with E-state index in [0.29, 0.717) is 12.5 Å². The third-order valence-electron chi connectivity index (χ3n) is 4.88. The minimum absolute atomic E-state index is 0.00468. The van der Waals surface area contributed by atoms with Crippen LogP contribution in [0.4, 0.5) is 5.82 Å². The highest BCUT2D eigenvalue weighted by atomic mass is 16.5. The summed E-state index contributed by atoms with van der Waals surface area (Å²) in [6.45, 7) is 0. The summed E-state index contributed by atoms with van der Waals surface area (Å²) >= 11 is 0. The van der Waals surface area contributed by atoms with Crippen molar-refractivity contribution in [1.29, 1.82) is 0 Å². The van der Waals surface area contributed by atoms with E-state index in [9.17, 15) is 4.79 Å². The maximum absolute atomic E-state index is 12.1. The van der Waals surface area contributed by atoms with Gasteiger partial charge in [0, 0.05) is 30.5 Å². The minimum atomic E-state index is 0.00468. The van der Waals surface area contributed by atoms with Gasteiger partial charge >= 0.3 is 0 Å². The maximum Gasteiger partial charge on any atom is 0.226 e. The quantitative estimate of drug-likeness (QED) is 0.947. The van der Waals surface area contributed by atoms with Crippen LogP contribution in [-0.2, 0) is 11.8 Å². The van der Waals surface area contributed by atoms with Crippen molar-refractivity contribution < 1.29 is 9.53 Å². The molecule has 1 aliphatic carbocycles. The SMILES string of the molecule is Cn1ncc2c1NC(=O)CC2c1ccccc1OC1CCCC1. The van der Waals surface area contributed by atoms with Gasteiger partial charge in [-0.05, 0) is 31.7 Å². The highest BCUT2D eigenvalue weighted by Gasteiger charge is 2.31. The van der Waals surface area contributed by atoms with Gasteiger partial charge in [-0.15, -0.1) is 0 Å². The standard InChI is InChI=1S/C18H21N3O2/c1-21-18-15(11-19-21)14(10-17(22)20-18)13-8-4-5-9-16(13)23-12-6-2-3-7-12/h4-5,8-9,11-12,14H,2-3,6-7,10H2,1H3,(H,20,22). The van der Waals surface area contributed by atoms with E-state index in [-0.39, 0.29) is 11.8 Å². The minimum Gasteiger partial charge on any atom is -0.490 e. The number of aromatic nitrogens is 2. The molecule has 0 spiro atoms. The molecular weight excluding hydrogens is 290 g/mol. The number of nitrogens with zero attached hydrogens (tertiary/aromatic N) is 2. The molecule has 0 bridgehead atoms. The van der Waals surface area contributed by atoms with Gasteiger partial charge in [0.1, 0.15) is 11.6 Å². The number of aryl methyl sites for hydroxylation is 1. The largest absolute Gasteiger partial charge is 0.490 e. The van der Waals surface area contributed by atoms with Crippen molar-refractivity contribution in [2.75, 3.05) is 5.32 Å². The van der Waals surface area contributed by atoms with Crippen molar-refractivity contribution in [1.82, 2.24) is 9.78 Å². The Balaban J connectivity index is 1.71. The highest BCUT2D eigenvalue weighted by Crippen LogP contribution is 2.41. The monoisotopic (exact) mass is 311 g/mol. The van der Waals surface area contributed by atoms with Crippen LogP contribution in [-0.4, -0.2) is 21.8 Å². The number of rotatable bonds is 3. The summed E-state index contributed by atoms with van der Waals surface area (Å²) in [7, 11) is 1.85. The van der Waals surface area contributed by atoms with Gasteiger partial charge in [0.05, 0.1) is 12.3 Å². The molecule has 1 N–H and O–H groups in total. The van der Waals surface area contributed by atoms with Gasteiger partial charge in [-0.25, -0.2) is 0 Å². The zero-order valence-corrected chi connectivity index (χ0v) is 13.3. The van der Waals surface area contributed by atoms with Gasteiger partial charge in [0.25, 0.3) is 0 Å². The second kappa shape index (κ2) is 5.72. The molecule has 2 heterocycles. The van der Waals surface area contributed by atoms with E-state index in [1.807, 2.05) is 31.4 Å². The van der Waals surface area contributed by atoms with Gasteiger partial charge in [-0.3, -0.25) is 9.48 Å². The molecule has 1 fully saturated rings. The number of carbonyl (C=O) groups excluding carboxylic acids is 1. The first-order valence-electron chi connectivity index (χ1n) is 8.29. The Bertz CT molecular complexity index is 732.